The van der Waals surface area contributed by atoms with Gasteiger partial charge in [0.05, 0.1) is 27.0 Å². The van der Waals surface area contributed by atoms with Crippen LogP contribution in [0, 0.1) is 5.82 Å². The molecule has 0 saturated carbocycles. The zero-order chi connectivity index (χ0) is 15.2. The fourth-order valence-electron chi connectivity index (χ4n) is 2.03. The van der Waals surface area contributed by atoms with Crippen molar-refractivity contribution in [2.75, 3.05) is 26.6 Å². The number of hydrogen-bond acceptors (Lipinski definition) is 4. The minimum Gasteiger partial charge on any atom is -0.496 e. The summed E-state index contributed by atoms with van der Waals surface area (Å²) in [6.45, 7) is 0.407. The Morgan fingerprint density at radius 2 is 1.52 bits per heavy atom. The predicted molar refractivity (Wildman–Crippen MR) is 79.8 cm³/mol. The summed E-state index contributed by atoms with van der Waals surface area (Å²) in [5.74, 6) is 1.54. The molecule has 0 unspecified atom stereocenters. The van der Waals surface area contributed by atoms with Crippen LogP contribution in [-0.2, 0) is 6.54 Å². The van der Waals surface area contributed by atoms with Crippen LogP contribution < -0.4 is 19.5 Å². The fraction of sp³-hybridized carbons (Fsp3) is 0.250. The smallest absolute Gasteiger partial charge is 0.164 e. The van der Waals surface area contributed by atoms with E-state index in [1.165, 1.54) is 6.07 Å². The van der Waals surface area contributed by atoms with E-state index < -0.39 is 0 Å². The van der Waals surface area contributed by atoms with E-state index in [1.54, 1.807) is 45.6 Å². The number of halogens is 1. The lowest BCUT2D eigenvalue weighted by atomic mass is 10.1. The van der Waals surface area contributed by atoms with Gasteiger partial charge in [0.15, 0.2) is 11.5 Å². The minimum atomic E-state index is -0.294. The monoisotopic (exact) mass is 291 g/mol. The highest BCUT2D eigenvalue weighted by atomic mass is 19.1. The van der Waals surface area contributed by atoms with E-state index in [9.17, 15) is 4.39 Å². The lowest BCUT2D eigenvalue weighted by Crippen LogP contribution is -2.04. The quantitative estimate of drug-likeness (QED) is 0.884. The molecule has 5 heteroatoms. The second kappa shape index (κ2) is 6.83. The van der Waals surface area contributed by atoms with Gasteiger partial charge in [0.1, 0.15) is 11.6 Å². The average molecular weight is 291 g/mol. The SMILES string of the molecule is COc1cc(OC)c(OC)cc1CNc1ccccc1F. The van der Waals surface area contributed by atoms with E-state index >= 15 is 0 Å². The summed E-state index contributed by atoms with van der Waals surface area (Å²) in [7, 11) is 4.71. The first-order chi connectivity index (χ1) is 10.2. The third-order valence-corrected chi connectivity index (χ3v) is 3.13. The van der Waals surface area contributed by atoms with Crippen LogP contribution >= 0.6 is 0 Å². The molecule has 0 aliphatic carbocycles. The Hall–Kier alpha value is -2.43. The number of anilines is 1. The topological polar surface area (TPSA) is 39.7 Å². The summed E-state index contributed by atoms with van der Waals surface area (Å²) >= 11 is 0. The number of nitrogens with one attached hydrogen (secondary N) is 1. The van der Waals surface area contributed by atoms with Crippen LogP contribution in [0.3, 0.4) is 0 Å². The maximum Gasteiger partial charge on any atom is 0.164 e. The van der Waals surface area contributed by atoms with Crippen molar-refractivity contribution in [1.82, 2.24) is 0 Å². The first-order valence-electron chi connectivity index (χ1n) is 6.47. The summed E-state index contributed by atoms with van der Waals surface area (Å²) in [4.78, 5) is 0. The Labute approximate surface area is 123 Å². The summed E-state index contributed by atoms with van der Waals surface area (Å²) < 4.78 is 29.4. The van der Waals surface area contributed by atoms with E-state index in [0.29, 0.717) is 29.5 Å². The number of hydrogen-bond donors (Lipinski definition) is 1. The highest BCUT2D eigenvalue weighted by Crippen LogP contribution is 2.35. The summed E-state index contributed by atoms with van der Waals surface area (Å²) in [5.41, 5.74) is 1.28. The van der Waals surface area contributed by atoms with Crippen LogP contribution in [0.4, 0.5) is 10.1 Å². The second-order valence-electron chi connectivity index (χ2n) is 4.35. The van der Waals surface area contributed by atoms with Crippen LogP contribution in [0.2, 0.25) is 0 Å². The first-order valence-corrected chi connectivity index (χ1v) is 6.47. The lowest BCUT2D eigenvalue weighted by molar-refractivity contribution is 0.347. The molecule has 0 amide bonds. The second-order valence-corrected chi connectivity index (χ2v) is 4.35. The highest BCUT2D eigenvalue weighted by molar-refractivity contribution is 5.53. The zero-order valence-corrected chi connectivity index (χ0v) is 12.3. The summed E-state index contributed by atoms with van der Waals surface area (Å²) in [6.07, 6.45) is 0. The normalized spacial score (nSPS) is 10.1. The van der Waals surface area contributed by atoms with Gasteiger partial charge in [-0.05, 0) is 18.2 Å². The molecular formula is C16H18FNO3. The Balaban J connectivity index is 2.25. The molecule has 0 radical (unpaired) electrons. The van der Waals surface area contributed by atoms with E-state index in [2.05, 4.69) is 5.32 Å². The molecule has 0 heterocycles. The number of para-hydroxylation sites is 1. The van der Waals surface area contributed by atoms with Crippen LogP contribution in [0.25, 0.3) is 0 Å². The molecule has 1 N–H and O–H groups in total. The van der Waals surface area contributed by atoms with Gasteiger partial charge in [-0.2, -0.15) is 0 Å². The fourth-order valence-corrected chi connectivity index (χ4v) is 2.03. The van der Waals surface area contributed by atoms with Gasteiger partial charge in [-0.3, -0.25) is 0 Å². The number of rotatable bonds is 6. The molecule has 21 heavy (non-hydrogen) atoms. The molecule has 0 spiro atoms. The van der Waals surface area contributed by atoms with Gasteiger partial charge in [0.2, 0.25) is 0 Å². The average Bonchev–Trinajstić information content (AvgIpc) is 2.53. The summed E-state index contributed by atoms with van der Waals surface area (Å²) in [6, 6.07) is 10.1. The van der Waals surface area contributed by atoms with Crippen molar-refractivity contribution in [3.63, 3.8) is 0 Å². The molecule has 0 atom stereocenters. The first kappa shape index (κ1) is 15.0. The largest absolute Gasteiger partial charge is 0.496 e. The Kier molecular flexibility index (Phi) is 4.87. The van der Waals surface area contributed by atoms with Crippen molar-refractivity contribution in [1.29, 1.82) is 0 Å². The standard InChI is InChI=1S/C16H18FNO3/c1-19-14-9-16(21-3)15(20-2)8-11(14)10-18-13-7-5-4-6-12(13)17/h4-9,18H,10H2,1-3H3. The van der Waals surface area contributed by atoms with Gasteiger partial charge in [-0.1, -0.05) is 12.1 Å². The van der Waals surface area contributed by atoms with Crippen molar-refractivity contribution >= 4 is 5.69 Å². The molecule has 0 fully saturated rings. The maximum atomic E-state index is 13.6. The van der Waals surface area contributed by atoms with Crippen LogP contribution in [0.5, 0.6) is 17.2 Å². The maximum absolute atomic E-state index is 13.6. The Bertz CT molecular complexity index is 616. The molecule has 0 saturated heterocycles. The molecule has 0 aromatic heterocycles. The van der Waals surface area contributed by atoms with E-state index in [0.717, 1.165) is 5.56 Å². The van der Waals surface area contributed by atoms with Gasteiger partial charge >= 0.3 is 0 Å². The van der Waals surface area contributed by atoms with Gasteiger partial charge < -0.3 is 19.5 Å². The molecule has 2 rings (SSSR count). The molecule has 112 valence electrons. The molecule has 2 aromatic carbocycles. The van der Waals surface area contributed by atoms with Crippen LogP contribution in [-0.4, -0.2) is 21.3 Å². The zero-order valence-electron chi connectivity index (χ0n) is 12.3. The highest BCUT2D eigenvalue weighted by Gasteiger charge is 2.12. The van der Waals surface area contributed by atoms with E-state index in [4.69, 9.17) is 14.2 Å². The molecule has 4 nitrogen and oxygen atoms in total. The van der Waals surface area contributed by atoms with Gasteiger partial charge in [0, 0.05) is 18.2 Å². The van der Waals surface area contributed by atoms with Gasteiger partial charge in [-0.15, -0.1) is 0 Å². The Morgan fingerprint density at radius 1 is 0.905 bits per heavy atom. The van der Waals surface area contributed by atoms with Crippen molar-refractivity contribution in [2.24, 2.45) is 0 Å². The van der Waals surface area contributed by atoms with Crippen LogP contribution in [0.15, 0.2) is 36.4 Å². The lowest BCUT2D eigenvalue weighted by Gasteiger charge is -2.15. The Morgan fingerprint density at radius 3 is 2.14 bits per heavy atom. The predicted octanol–water partition coefficient (Wildman–Crippen LogP) is 3.46. The third kappa shape index (κ3) is 3.37. The molecule has 0 aliphatic rings. The van der Waals surface area contributed by atoms with E-state index in [-0.39, 0.29) is 5.82 Å². The van der Waals surface area contributed by atoms with Crippen LogP contribution in [0.1, 0.15) is 5.56 Å². The third-order valence-electron chi connectivity index (χ3n) is 3.13. The van der Waals surface area contributed by atoms with Crippen molar-refractivity contribution < 1.29 is 18.6 Å². The van der Waals surface area contributed by atoms with E-state index in [1.807, 2.05) is 6.07 Å². The minimum absolute atomic E-state index is 0.294. The molecule has 0 bridgehead atoms. The van der Waals surface area contributed by atoms with Crippen molar-refractivity contribution in [3.8, 4) is 17.2 Å². The molecule has 0 aliphatic heterocycles. The van der Waals surface area contributed by atoms with Gasteiger partial charge in [0.25, 0.3) is 0 Å². The molecular weight excluding hydrogens is 273 g/mol. The number of ether oxygens (including phenoxy) is 3. The summed E-state index contributed by atoms with van der Waals surface area (Å²) in [5, 5.41) is 3.04. The van der Waals surface area contributed by atoms with Gasteiger partial charge in [-0.25, -0.2) is 4.39 Å². The van der Waals surface area contributed by atoms with Crippen molar-refractivity contribution in [2.45, 2.75) is 6.54 Å². The number of benzene rings is 2. The number of methoxy groups -OCH3 is 3. The molecule has 2 aromatic rings. The van der Waals surface area contributed by atoms with Crippen molar-refractivity contribution in [3.05, 3.63) is 47.8 Å².